The van der Waals surface area contributed by atoms with Crippen LogP contribution in [0.15, 0.2) is 84.9 Å². The van der Waals surface area contributed by atoms with Gasteiger partial charge in [-0.1, -0.05) is 72.8 Å². The molecule has 0 bridgehead atoms. The van der Waals surface area contributed by atoms with Crippen LogP contribution in [0, 0.1) is 0 Å². The van der Waals surface area contributed by atoms with E-state index in [2.05, 4.69) is 0 Å². The Hall–Kier alpha value is -3.33. The summed E-state index contributed by atoms with van der Waals surface area (Å²) in [5.41, 5.74) is 4.29. The Balaban J connectivity index is 1.89. The summed E-state index contributed by atoms with van der Waals surface area (Å²) in [6.45, 7) is 0. The summed E-state index contributed by atoms with van der Waals surface area (Å²) in [6.07, 6.45) is -0.439. The first-order chi connectivity index (χ1) is 12.8. The quantitative estimate of drug-likeness (QED) is 0.632. The van der Waals surface area contributed by atoms with Crippen LogP contribution in [-0.2, 0) is 9.53 Å². The highest BCUT2D eigenvalue weighted by Crippen LogP contribution is 2.45. The fourth-order valence-corrected chi connectivity index (χ4v) is 3.27. The summed E-state index contributed by atoms with van der Waals surface area (Å²) in [6, 6.07) is 27.2. The highest BCUT2D eigenvalue weighted by molar-refractivity contribution is 6.28. The zero-order valence-electron chi connectivity index (χ0n) is 14.4. The van der Waals surface area contributed by atoms with Gasteiger partial charge < -0.3 is 9.47 Å². The van der Waals surface area contributed by atoms with Crippen molar-refractivity contribution >= 4 is 17.1 Å². The number of cyclic esters (lactones) is 1. The number of esters is 1. The molecule has 1 heterocycles. The highest BCUT2D eigenvalue weighted by atomic mass is 16.5. The van der Waals surface area contributed by atoms with Crippen molar-refractivity contribution in [2.45, 2.75) is 6.10 Å². The molecule has 128 valence electrons. The van der Waals surface area contributed by atoms with E-state index in [1.165, 1.54) is 0 Å². The number of hydrogen-bond donors (Lipinski definition) is 0. The molecule has 26 heavy (non-hydrogen) atoms. The smallest absolute Gasteiger partial charge is 0.340 e. The van der Waals surface area contributed by atoms with Crippen LogP contribution >= 0.6 is 0 Å². The number of rotatable bonds is 4. The zero-order valence-corrected chi connectivity index (χ0v) is 14.4. The molecule has 0 fully saturated rings. The van der Waals surface area contributed by atoms with E-state index in [9.17, 15) is 4.79 Å². The van der Waals surface area contributed by atoms with Crippen molar-refractivity contribution in [1.29, 1.82) is 0 Å². The lowest BCUT2D eigenvalue weighted by Crippen LogP contribution is -2.03. The molecule has 0 amide bonds. The Morgan fingerprint density at radius 3 is 1.92 bits per heavy atom. The minimum Gasteiger partial charge on any atom is -0.497 e. The molecule has 3 aromatic carbocycles. The Morgan fingerprint density at radius 2 is 1.35 bits per heavy atom. The molecule has 1 atom stereocenters. The molecular weight excluding hydrogens is 324 g/mol. The number of carbonyl (C=O) groups excluding carboxylic acids is 1. The summed E-state index contributed by atoms with van der Waals surface area (Å²) in [5.74, 6) is 0.475. The van der Waals surface area contributed by atoms with E-state index in [1.54, 1.807) is 7.11 Å². The Bertz CT molecular complexity index is 942. The van der Waals surface area contributed by atoms with Gasteiger partial charge in [0.05, 0.1) is 12.7 Å². The summed E-state index contributed by atoms with van der Waals surface area (Å²) < 4.78 is 11.0. The van der Waals surface area contributed by atoms with Crippen LogP contribution in [0.4, 0.5) is 0 Å². The van der Waals surface area contributed by atoms with Gasteiger partial charge >= 0.3 is 5.97 Å². The van der Waals surface area contributed by atoms with Crippen LogP contribution in [-0.4, -0.2) is 13.1 Å². The Labute approximate surface area is 152 Å². The molecule has 0 N–H and O–H groups in total. The van der Waals surface area contributed by atoms with E-state index in [0.29, 0.717) is 5.57 Å². The van der Waals surface area contributed by atoms with Crippen molar-refractivity contribution in [3.05, 3.63) is 102 Å². The van der Waals surface area contributed by atoms with Gasteiger partial charge in [-0.05, 0) is 28.8 Å². The Kier molecular flexibility index (Phi) is 4.28. The summed E-state index contributed by atoms with van der Waals surface area (Å²) in [7, 11) is 1.63. The van der Waals surface area contributed by atoms with Gasteiger partial charge in [0.1, 0.15) is 5.75 Å². The maximum atomic E-state index is 12.8. The third-order valence-corrected chi connectivity index (χ3v) is 4.53. The third-order valence-electron chi connectivity index (χ3n) is 4.53. The zero-order chi connectivity index (χ0) is 17.9. The molecule has 1 unspecified atom stereocenters. The normalized spacial score (nSPS) is 16.5. The van der Waals surface area contributed by atoms with Crippen molar-refractivity contribution in [1.82, 2.24) is 0 Å². The molecule has 3 aromatic rings. The first-order valence-electron chi connectivity index (χ1n) is 8.48. The molecule has 1 aliphatic rings. The standard InChI is InChI=1S/C23H18O3/c1-25-19-14-12-18(13-15-19)22-20(16-8-4-2-5-9-16)21(23(24)26-22)17-10-6-3-7-11-17/h2-15,22H,1H3. The van der Waals surface area contributed by atoms with Crippen molar-refractivity contribution in [2.24, 2.45) is 0 Å². The fraction of sp³-hybridized carbons (Fsp3) is 0.0870. The van der Waals surface area contributed by atoms with Gasteiger partial charge in [-0.2, -0.15) is 0 Å². The Morgan fingerprint density at radius 1 is 0.769 bits per heavy atom. The van der Waals surface area contributed by atoms with Gasteiger partial charge in [0.15, 0.2) is 6.10 Å². The lowest BCUT2D eigenvalue weighted by Gasteiger charge is -2.15. The van der Waals surface area contributed by atoms with Crippen LogP contribution < -0.4 is 4.74 Å². The largest absolute Gasteiger partial charge is 0.497 e. The summed E-state index contributed by atoms with van der Waals surface area (Å²) in [4.78, 5) is 12.8. The van der Waals surface area contributed by atoms with Gasteiger partial charge in [-0.15, -0.1) is 0 Å². The van der Waals surface area contributed by atoms with Crippen LogP contribution in [0.2, 0.25) is 0 Å². The number of methoxy groups -OCH3 is 1. The SMILES string of the molecule is COc1ccc(C2OC(=O)C(c3ccccc3)=C2c2ccccc2)cc1. The number of carbonyl (C=O) groups is 1. The van der Waals surface area contributed by atoms with Crippen molar-refractivity contribution in [3.63, 3.8) is 0 Å². The molecule has 3 heteroatoms. The van der Waals surface area contributed by atoms with Crippen LogP contribution in [0.25, 0.3) is 11.1 Å². The predicted octanol–water partition coefficient (Wildman–Crippen LogP) is 4.90. The molecule has 0 aromatic heterocycles. The fourth-order valence-electron chi connectivity index (χ4n) is 3.27. The highest BCUT2D eigenvalue weighted by Gasteiger charge is 2.36. The lowest BCUT2D eigenvalue weighted by molar-refractivity contribution is -0.137. The van der Waals surface area contributed by atoms with E-state index < -0.39 is 6.10 Å². The first kappa shape index (κ1) is 16.2. The van der Waals surface area contributed by atoms with Crippen molar-refractivity contribution in [3.8, 4) is 5.75 Å². The van der Waals surface area contributed by atoms with E-state index in [4.69, 9.17) is 9.47 Å². The first-order valence-corrected chi connectivity index (χ1v) is 8.48. The van der Waals surface area contributed by atoms with Gasteiger partial charge in [-0.3, -0.25) is 0 Å². The molecule has 0 saturated heterocycles. The molecule has 4 rings (SSSR count). The van der Waals surface area contributed by atoms with E-state index in [1.807, 2.05) is 84.9 Å². The minimum absolute atomic E-state index is 0.295. The second-order valence-corrected chi connectivity index (χ2v) is 6.08. The number of benzene rings is 3. The maximum absolute atomic E-state index is 12.8. The monoisotopic (exact) mass is 342 g/mol. The molecular formula is C23H18O3. The lowest BCUT2D eigenvalue weighted by atomic mass is 9.90. The third kappa shape index (κ3) is 2.88. The average Bonchev–Trinajstić information content (AvgIpc) is 3.06. The van der Waals surface area contributed by atoms with Gasteiger partial charge in [0.25, 0.3) is 0 Å². The van der Waals surface area contributed by atoms with Crippen LogP contribution in [0.3, 0.4) is 0 Å². The van der Waals surface area contributed by atoms with E-state index in [0.717, 1.165) is 28.0 Å². The van der Waals surface area contributed by atoms with Crippen LogP contribution in [0.5, 0.6) is 5.75 Å². The van der Waals surface area contributed by atoms with Gasteiger partial charge in [0.2, 0.25) is 0 Å². The van der Waals surface area contributed by atoms with E-state index in [-0.39, 0.29) is 5.97 Å². The predicted molar refractivity (Wildman–Crippen MR) is 102 cm³/mol. The molecule has 0 aliphatic carbocycles. The van der Waals surface area contributed by atoms with Crippen molar-refractivity contribution in [2.75, 3.05) is 7.11 Å². The maximum Gasteiger partial charge on any atom is 0.340 e. The van der Waals surface area contributed by atoms with Crippen molar-refractivity contribution < 1.29 is 14.3 Å². The molecule has 0 spiro atoms. The number of hydrogen-bond acceptors (Lipinski definition) is 3. The second kappa shape index (κ2) is 6.89. The van der Waals surface area contributed by atoms with Crippen LogP contribution in [0.1, 0.15) is 22.8 Å². The molecule has 1 aliphatic heterocycles. The molecule has 0 saturated carbocycles. The van der Waals surface area contributed by atoms with E-state index >= 15 is 0 Å². The minimum atomic E-state index is -0.439. The number of ether oxygens (including phenoxy) is 2. The average molecular weight is 342 g/mol. The summed E-state index contributed by atoms with van der Waals surface area (Å²) >= 11 is 0. The second-order valence-electron chi connectivity index (χ2n) is 6.08. The topological polar surface area (TPSA) is 35.5 Å². The molecule has 3 nitrogen and oxygen atoms in total. The molecule has 0 radical (unpaired) electrons. The summed E-state index contributed by atoms with van der Waals surface area (Å²) in [5, 5.41) is 0. The van der Waals surface area contributed by atoms with Gasteiger partial charge in [-0.25, -0.2) is 4.79 Å². The van der Waals surface area contributed by atoms with Gasteiger partial charge in [0, 0.05) is 5.57 Å².